The summed E-state index contributed by atoms with van der Waals surface area (Å²) in [5.41, 5.74) is 7.59. The lowest BCUT2D eigenvalue weighted by Gasteiger charge is -2.34. The van der Waals surface area contributed by atoms with Gasteiger partial charge in [-0.2, -0.15) is 0 Å². The van der Waals surface area contributed by atoms with E-state index in [0.29, 0.717) is 39.1 Å². The molecule has 15 heteroatoms. The molecule has 3 saturated heterocycles. The minimum atomic E-state index is -0.692. The molecule has 0 saturated carbocycles. The van der Waals surface area contributed by atoms with E-state index in [-0.39, 0.29) is 35.7 Å². The topological polar surface area (TPSA) is 184 Å². The molecule has 310 valence electrons. The number of nitrogens with zero attached hydrogens (tertiary/aromatic N) is 4. The predicted molar refractivity (Wildman–Crippen MR) is 218 cm³/mol. The van der Waals surface area contributed by atoms with Crippen molar-refractivity contribution in [1.29, 1.82) is 0 Å². The van der Waals surface area contributed by atoms with Gasteiger partial charge in [-0.15, -0.1) is 0 Å². The van der Waals surface area contributed by atoms with Crippen LogP contribution in [0.15, 0.2) is 36.4 Å². The van der Waals surface area contributed by atoms with Gasteiger partial charge in [-0.05, 0) is 99.1 Å². The van der Waals surface area contributed by atoms with Crippen molar-refractivity contribution in [3.05, 3.63) is 70.4 Å². The normalized spacial score (nSPS) is 20.0. The van der Waals surface area contributed by atoms with Crippen LogP contribution in [-0.2, 0) is 36.6 Å². The summed E-state index contributed by atoms with van der Waals surface area (Å²) in [5.74, 6) is 7.79. The summed E-state index contributed by atoms with van der Waals surface area (Å²) >= 11 is 0. The van der Waals surface area contributed by atoms with Crippen LogP contribution in [-0.4, -0.2) is 106 Å². The van der Waals surface area contributed by atoms with Crippen LogP contribution < -0.4 is 10.6 Å². The van der Waals surface area contributed by atoms with Gasteiger partial charge in [0.25, 0.3) is 0 Å². The molecule has 0 radical (unpaired) electrons. The van der Waals surface area contributed by atoms with Crippen molar-refractivity contribution in [3.8, 4) is 23.1 Å². The molecule has 4 N–H and O–H groups in total. The number of carbonyl (C=O) groups excluding carboxylic acids is 4. The Kier molecular flexibility index (Phi) is 11.6. The first-order valence-electron chi connectivity index (χ1n) is 20.7. The number of aromatic amines is 2. The third kappa shape index (κ3) is 8.23. The van der Waals surface area contributed by atoms with E-state index in [4.69, 9.17) is 24.2 Å². The fourth-order valence-electron chi connectivity index (χ4n) is 9.07. The number of fused-ring (bicyclic) bond motifs is 4. The molecule has 8 rings (SSSR count). The number of amides is 4. The zero-order valence-electron chi connectivity index (χ0n) is 34.1. The van der Waals surface area contributed by atoms with Gasteiger partial charge >= 0.3 is 12.2 Å². The maximum atomic E-state index is 14.0. The molecule has 4 aromatic rings. The van der Waals surface area contributed by atoms with E-state index in [1.54, 1.807) is 0 Å². The number of H-pyrrole nitrogens is 2. The second-order valence-corrected chi connectivity index (χ2v) is 16.2. The number of ether oxygens (including phenoxy) is 3. The van der Waals surface area contributed by atoms with Crippen LogP contribution in [0.1, 0.15) is 98.5 Å². The van der Waals surface area contributed by atoms with Gasteiger partial charge < -0.3 is 44.6 Å². The molecular weight excluding hydrogens is 753 g/mol. The third-order valence-corrected chi connectivity index (χ3v) is 12.2. The molecule has 2 aromatic carbocycles. The lowest BCUT2D eigenvalue weighted by atomic mass is 9.90. The highest BCUT2D eigenvalue weighted by atomic mass is 16.5. The van der Waals surface area contributed by atoms with Crippen molar-refractivity contribution in [3.63, 3.8) is 0 Å². The Bertz CT molecular complexity index is 2300. The second-order valence-electron chi connectivity index (χ2n) is 16.2. The zero-order valence-corrected chi connectivity index (χ0v) is 34.1. The molecular formula is C44H52N8O7. The van der Waals surface area contributed by atoms with E-state index in [2.05, 4.69) is 44.6 Å². The molecule has 0 spiro atoms. The number of imidazole rings is 2. The van der Waals surface area contributed by atoms with E-state index >= 15 is 0 Å². The predicted octanol–water partition coefficient (Wildman–Crippen LogP) is 5.31. The highest BCUT2D eigenvalue weighted by Crippen LogP contribution is 2.38. The number of hydrogen-bond acceptors (Lipinski definition) is 9. The molecule has 4 atom stereocenters. The molecule has 0 bridgehead atoms. The molecule has 15 nitrogen and oxygen atoms in total. The molecule has 5 heterocycles. The average Bonchev–Trinajstić information content (AvgIpc) is 4.09. The number of methoxy groups -OCH3 is 2. The number of hydrogen-bond donors (Lipinski definition) is 4. The number of likely N-dealkylation sites (tertiary alicyclic amines) is 2. The van der Waals surface area contributed by atoms with Gasteiger partial charge in [0, 0.05) is 48.7 Å². The van der Waals surface area contributed by atoms with Crippen LogP contribution in [0.25, 0.3) is 22.3 Å². The Balaban J connectivity index is 0.968. The summed E-state index contributed by atoms with van der Waals surface area (Å²) in [6.45, 7) is 6.12. The first kappa shape index (κ1) is 39.9. The third-order valence-electron chi connectivity index (χ3n) is 12.2. The number of benzene rings is 2. The SMILES string of the molecule is COC(=O)NC(C(=O)N1CCCC1c1nc2c([nH]1)CCc1cc(C#Cc3ccc4nc(C5CCCN5C(=O)C(NC(=O)OC)C5CCOCC5)[nH]c4c3)ccc1-2)C(C)C. The van der Waals surface area contributed by atoms with Gasteiger partial charge in [0.1, 0.15) is 23.7 Å². The Hall–Kier alpha value is -5.88. The van der Waals surface area contributed by atoms with Crippen molar-refractivity contribution in [2.45, 2.75) is 89.4 Å². The number of alkyl carbamates (subject to hydrolysis) is 2. The number of carbonyl (C=O) groups is 4. The zero-order chi connectivity index (χ0) is 41.2. The monoisotopic (exact) mass is 804 g/mol. The standard InChI is InChI=1S/C44H52N8O7/c1-25(2)36(49-43(55)57-3)41(53)51-19-6-8-35(51)40-46-32-16-13-29-23-26(11-14-30(29)38(32)48-40)9-10-27-12-15-31-33(24-27)47-39(45-31)34-7-5-20-52(34)42(54)37(50-44(56)58-4)28-17-21-59-22-18-28/h11-12,14-15,23-25,28,34-37H,5-8,13,16-22H2,1-4H3,(H,45,47)(H,46,48)(H,49,55)(H,50,56). The van der Waals surface area contributed by atoms with Crippen molar-refractivity contribution in [1.82, 2.24) is 40.4 Å². The van der Waals surface area contributed by atoms with Crippen molar-refractivity contribution in [2.24, 2.45) is 11.8 Å². The van der Waals surface area contributed by atoms with E-state index in [0.717, 1.165) is 89.3 Å². The van der Waals surface area contributed by atoms with E-state index in [1.807, 2.05) is 47.9 Å². The molecule has 3 fully saturated rings. The fraction of sp³-hybridized carbons (Fsp3) is 0.500. The van der Waals surface area contributed by atoms with Gasteiger partial charge in [-0.3, -0.25) is 9.59 Å². The Labute approximate surface area is 343 Å². The maximum absolute atomic E-state index is 14.0. The minimum absolute atomic E-state index is 0.0337. The molecule has 1 aliphatic carbocycles. The highest BCUT2D eigenvalue weighted by molar-refractivity contribution is 5.87. The van der Waals surface area contributed by atoms with Gasteiger partial charge in [0.2, 0.25) is 11.8 Å². The Morgan fingerprint density at radius 1 is 0.797 bits per heavy atom. The maximum Gasteiger partial charge on any atom is 0.407 e. The smallest absolute Gasteiger partial charge is 0.407 e. The lowest BCUT2D eigenvalue weighted by Crippen LogP contribution is -2.53. The van der Waals surface area contributed by atoms with Crippen molar-refractivity contribution in [2.75, 3.05) is 40.5 Å². The second kappa shape index (κ2) is 17.1. The summed E-state index contributed by atoms with van der Waals surface area (Å²) in [5, 5.41) is 5.53. The summed E-state index contributed by atoms with van der Waals surface area (Å²) in [6.07, 6.45) is 5.03. The number of nitrogens with one attached hydrogen (secondary N) is 4. The number of aryl methyl sites for hydroxylation is 2. The van der Waals surface area contributed by atoms with Crippen LogP contribution in [0.5, 0.6) is 0 Å². The van der Waals surface area contributed by atoms with Gasteiger partial charge in [0.15, 0.2) is 0 Å². The van der Waals surface area contributed by atoms with Crippen LogP contribution in [0.2, 0.25) is 0 Å². The lowest BCUT2D eigenvalue weighted by molar-refractivity contribution is -0.137. The number of aromatic nitrogens is 4. The molecule has 4 unspecified atom stereocenters. The quantitative estimate of drug-likeness (QED) is 0.172. The summed E-state index contributed by atoms with van der Waals surface area (Å²) in [7, 11) is 2.60. The first-order chi connectivity index (χ1) is 28.6. The van der Waals surface area contributed by atoms with Crippen LogP contribution in [0.3, 0.4) is 0 Å². The van der Waals surface area contributed by atoms with Gasteiger partial charge in [-0.1, -0.05) is 31.8 Å². The van der Waals surface area contributed by atoms with E-state index < -0.39 is 24.3 Å². The first-order valence-corrected chi connectivity index (χ1v) is 20.7. The largest absolute Gasteiger partial charge is 0.453 e. The molecule has 2 aromatic heterocycles. The van der Waals surface area contributed by atoms with Crippen molar-refractivity contribution < 1.29 is 33.4 Å². The van der Waals surface area contributed by atoms with Gasteiger partial charge in [-0.25, -0.2) is 19.6 Å². The minimum Gasteiger partial charge on any atom is -0.453 e. The van der Waals surface area contributed by atoms with Crippen molar-refractivity contribution >= 4 is 35.0 Å². The molecule has 59 heavy (non-hydrogen) atoms. The van der Waals surface area contributed by atoms with Crippen LogP contribution in [0, 0.1) is 23.7 Å². The Morgan fingerprint density at radius 3 is 2.14 bits per heavy atom. The summed E-state index contributed by atoms with van der Waals surface area (Å²) < 4.78 is 15.2. The molecule has 4 amide bonds. The Morgan fingerprint density at radius 2 is 1.44 bits per heavy atom. The van der Waals surface area contributed by atoms with Crippen LogP contribution >= 0.6 is 0 Å². The van der Waals surface area contributed by atoms with E-state index in [9.17, 15) is 19.2 Å². The van der Waals surface area contributed by atoms with Gasteiger partial charge in [0.05, 0.1) is 43.0 Å². The summed E-state index contributed by atoms with van der Waals surface area (Å²) in [4.78, 5) is 72.7. The average molecular weight is 805 g/mol. The van der Waals surface area contributed by atoms with E-state index in [1.165, 1.54) is 19.8 Å². The highest BCUT2D eigenvalue weighted by Gasteiger charge is 2.41. The van der Waals surface area contributed by atoms with Crippen LogP contribution in [0.4, 0.5) is 9.59 Å². The number of rotatable bonds is 8. The fourth-order valence-corrected chi connectivity index (χ4v) is 9.07. The molecule has 4 aliphatic rings. The summed E-state index contributed by atoms with van der Waals surface area (Å²) in [6, 6.07) is 10.3. The molecule has 3 aliphatic heterocycles.